The number of phenolic OH excluding ortho intramolecular Hbond substituents is 4. The molecule has 1 atom stereocenters. The Balaban J connectivity index is 1.46. The normalized spacial score (nSPS) is 11.8. The van der Waals surface area contributed by atoms with E-state index in [9.17, 15) is 30.0 Å². The number of phenols is 4. The summed E-state index contributed by atoms with van der Waals surface area (Å²) in [4.78, 5) is 30.2. The SMILES string of the molecule is O=C(/C=C/c1ccc(O)c(O)c1)N[C@@H](Cc1cncn1Cc1ccccc1)C(=O)NCCc1ccc(O)c(O)c1. The molecule has 2 amide bonds. The second-order valence-corrected chi connectivity index (χ2v) is 9.21. The number of carbonyl (C=O) groups excluding carboxylic acids is 2. The Kier molecular flexibility index (Phi) is 9.03. The number of nitrogens with zero attached hydrogens (tertiary/aromatic N) is 2. The number of hydrogen-bond acceptors (Lipinski definition) is 7. The van der Waals surface area contributed by atoms with Crippen molar-refractivity contribution in [2.45, 2.75) is 25.4 Å². The van der Waals surface area contributed by atoms with Crippen molar-refractivity contribution in [3.05, 3.63) is 108 Å². The fraction of sp³-hybridized carbons (Fsp3) is 0.167. The Labute approximate surface area is 230 Å². The third-order valence-electron chi connectivity index (χ3n) is 6.22. The van der Waals surface area contributed by atoms with Gasteiger partial charge in [0, 0.05) is 37.5 Å². The molecule has 0 spiro atoms. The van der Waals surface area contributed by atoms with Crippen LogP contribution in [0.2, 0.25) is 0 Å². The Morgan fingerprint density at radius 1 is 0.875 bits per heavy atom. The number of nitrogens with one attached hydrogen (secondary N) is 2. The number of aromatic hydroxyl groups is 4. The highest BCUT2D eigenvalue weighted by Gasteiger charge is 2.22. The Morgan fingerprint density at radius 2 is 1.60 bits per heavy atom. The molecule has 0 aliphatic heterocycles. The number of benzene rings is 3. The van der Waals surface area contributed by atoms with Crippen molar-refractivity contribution in [2.75, 3.05) is 6.54 Å². The molecule has 0 unspecified atom stereocenters. The van der Waals surface area contributed by atoms with Crippen LogP contribution in [-0.2, 0) is 29.0 Å². The van der Waals surface area contributed by atoms with Crippen LogP contribution in [0.25, 0.3) is 6.08 Å². The van der Waals surface area contributed by atoms with Gasteiger partial charge in [-0.15, -0.1) is 0 Å². The van der Waals surface area contributed by atoms with Crippen LogP contribution >= 0.6 is 0 Å². The summed E-state index contributed by atoms with van der Waals surface area (Å²) in [5.74, 6) is -1.97. The van der Waals surface area contributed by atoms with Crippen molar-refractivity contribution in [3.63, 3.8) is 0 Å². The molecule has 0 fully saturated rings. The van der Waals surface area contributed by atoms with Gasteiger partial charge in [-0.05, 0) is 53.5 Å². The molecule has 40 heavy (non-hydrogen) atoms. The fourth-order valence-corrected chi connectivity index (χ4v) is 4.07. The molecule has 0 aliphatic carbocycles. The standard InChI is InChI=1S/C30H30N4O6/c35-25-9-6-20(14-27(25)37)8-11-29(39)33-24(30(40)32-13-12-21-7-10-26(36)28(38)15-21)16-23-17-31-19-34(23)18-22-4-2-1-3-5-22/h1-11,14-15,17,19,24,35-38H,12-13,16,18H2,(H,32,40)(H,33,39)/b11-8+/t24-/m0/s1. The van der Waals surface area contributed by atoms with Gasteiger partial charge in [0.05, 0.1) is 6.33 Å². The van der Waals surface area contributed by atoms with Gasteiger partial charge in [0.25, 0.3) is 0 Å². The summed E-state index contributed by atoms with van der Waals surface area (Å²) >= 11 is 0. The fourth-order valence-electron chi connectivity index (χ4n) is 4.07. The molecular formula is C30H30N4O6. The van der Waals surface area contributed by atoms with Crippen LogP contribution in [0, 0.1) is 0 Å². The van der Waals surface area contributed by atoms with E-state index in [1.807, 2.05) is 34.9 Å². The maximum Gasteiger partial charge on any atom is 0.244 e. The molecule has 0 radical (unpaired) electrons. The first kappa shape index (κ1) is 27.8. The van der Waals surface area contributed by atoms with Gasteiger partial charge in [0.2, 0.25) is 11.8 Å². The van der Waals surface area contributed by atoms with Crippen LogP contribution in [0.3, 0.4) is 0 Å². The van der Waals surface area contributed by atoms with E-state index in [0.29, 0.717) is 18.5 Å². The Hall–Kier alpha value is -5.25. The summed E-state index contributed by atoms with van der Waals surface area (Å²) in [6.07, 6.45) is 6.61. The summed E-state index contributed by atoms with van der Waals surface area (Å²) in [6, 6.07) is 17.5. The molecule has 6 N–H and O–H groups in total. The van der Waals surface area contributed by atoms with E-state index in [0.717, 1.165) is 16.8 Å². The number of hydrogen-bond donors (Lipinski definition) is 6. The van der Waals surface area contributed by atoms with E-state index >= 15 is 0 Å². The molecule has 0 saturated carbocycles. The van der Waals surface area contributed by atoms with Gasteiger partial charge < -0.3 is 35.6 Å². The molecule has 0 aliphatic rings. The Bertz CT molecular complexity index is 1500. The molecule has 0 saturated heterocycles. The van der Waals surface area contributed by atoms with Crippen molar-refractivity contribution in [2.24, 2.45) is 0 Å². The molecule has 3 aromatic carbocycles. The summed E-state index contributed by atoms with van der Waals surface area (Å²) < 4.78 is 1.91. The van der Waals surface area contributed by atoms with Crippen LogP contribution in [0.5, 0.6) is 23.0 Å². The van der Waals surface area contributed by atoms with Crippen LogP contribution in [0.15, 0.2) is 85.3 Å². The van der Waals surface area contributed by atoms with E-state index in [1.165, 1.54) is 42.5 Å². The van der Waals surface area contributed by atoms with E-state index < -0.39 is 17.9 Å². The second kappa shape index (κ2) is 13.0. The first-order valence-corrected chi connectivity index (χ1v) is 12.6. The summed E-state index contributed by atoms with van der Waals surface area (Å²) in [6.45, 7) is 0.786. The van der Waals surface area contributed by atoms with E-state index in [1.54, 1.807) is 18.6 Å². The minimum Gasteiger partial charge on any atom is -0.504 e. The zero-order valence-electron chi connectivity index (χ0n) is 21.6. The largest absolute Gasteiger partial charge is 0.504 e. The van der Waals surface area contributed by atoms with Gasteiger partial charge in [-0.3, -0.25) is 9.59 Å². The lowest BCUT2D eigenvalue weighted by Crippen LogP contribution is -2.48. The number of carbonyl (C=O) groups is 2. The highest BCUT2D eigenvalue weighted by Crippen LogP contribution is 2.26. The summed E-state index contributed by atoms with van der Waals surface area (Å²) in [5.41, 5.74) is 3.02. The van der Waals surface area contributed by atoms with Crippen molar-refractivity contribution >= 4 is 17.9 Å². The van der Waals surface area contributed by atoms with Crippen LogP contribution in [0.4, 0.5) is 0 Å². The predicted octanol–water partition coefficient (Wildman–Crippen LogP) is 2.85. The molecule has 1 heterocycles. The smallest absolute Gasteiger partial charge is 0.244 e. The van der Waals surface area contributed by atoms with Crippen LogP contribution in [-0.4, -0.2) is 54.4 Å². The lowest BCUT2D eigenvalue weighted by molar-refractivity contribution is -0.127. The molecule has 206 valence electrons. The van der Waals surface area contributed by atoms with Crippen LogP contribution < -0.4 is 10.6 Å². The van der Waals surface area contributed by atoms with E-state index in [2.05, 4.69) is 15.6 Å². The van der Waals surface area contributed by atoms with Crippen molar-refractivity contribution in [3.8, 4) is 23.0 Å². The number of imidazole rings is 1. The third-order valence-corrected chi connectivity index (χ3v) is 6.22. The first-order valence-electron chi connectivity index (χ1n) is 12.6. The lowest BCUT2D eigenvalue weighted by atomic mass is 10.1. The van der Waals surface area contributed by atoms with Crippen molar-refractivity contribution in [1.82, 2.24) is 20.2 Å². The molecular weight excluding hydrogens is 512 g/mol. The maximum absolute atomic E-state index is 13.2. The monoisotopic (exact) mass is 542 g/mol. The molecule has 10 heteroatoms. The quantitative estimate of drug-likeness (QED) is 0.126. The van der Waals surface area contributed by atoms with Crippen molar-refractivity contribution < 1.29 is 30.0 Å². The molecule has 1 aromatic heterocycles. The summed E-state index contributed by atoms with van der Waals surface area (Å²) in [7, 11) is 0. The van der Waals surface area contributed by atoms with Gasteiger partial charge >= 0.3 is 0 Å². The molecule has 4 aromatic rings. The van der Waals surface area contributed by atoms with Gasteiger partial charge in [-0.25, -0.2) is 4.98 Å². The minimum absolute atomic E-state index is 0.179. The molecule has 4 rings (SSSR count). The van der Waals surface area contributed by atoms with Gasteiger partial charge in [-0.2, -0.15) is 0 Å². The minimum atomic E-state index is -0.926. The summed E-state index contributed by atoms with van der Waals surface area (Å²) in [5, 5.41) is 43.9. The number of rotatable bonds is 11. The van der Waals surface area contributed by atoms with Gasteiger partial charge in [-0.1, -0.05) is 42.5 Å². The number of aromatic nitrogens is 2. The highest BCUT2D eigenvalue weighted by molar-refractivity contribution is 5.95. The topological polar surface area (TPSA) is 157 Å². The average molecular weight is 543 g/mol. The third kappa shape index (κ3) is 7.64. The number of amides is 2. The van der Waals surface area contributed by atoms with Crippen molar-refractivity contribution in [1.29, 1.82) is 0 Å². The zero-order valence-corrected chi connectivity index (χ0v) is 21.6. The molecule has 10 nitrogen and oxygen atoms in total. The van der Waals surface area contributed by atoms with E-state index in [4.69, 9.17) is 0 Å². The van der Waals surface area contributed by atoms with E-state index in [-0.39, 0.29) is 36.0 Å². The second-order valence-electron chi connectivity index (χ2n) is 9.21. The molecule has 0 bridgehead atoms. The van der Waals surface area contributed by atoms with Crippen LogP contribution in [0.1, 0.15) is 22.4 Å². The lowest BCUT2D eigenvalue weighted by Gasteiger charge is -2.19. The van der Waals surface area contributed by atoms with Gasteiger partial charge in [0.1, 0.15) is 6.04 Å². The zero-order chi connectivity index (χ0) is 28.5. The van der Waals surface area contributed by atoms with Gasteiger partial charge in [0.15, 0.2) is 23.0 Å². The first-order chi connectivity index (χ1) is 19.3. The Morgan fingerprint density at radius 3 is 2.33 bits per heavy atom. The average Bonchev–Trinajstić information content (AvgIpc) is 3.37. The maximum atomic E-state index is 13.2. The predicted molar refractivity (Wildman–Crippen MR) is 149 cm³/mol. The highest BCUT2D eigenvalue weighted by atomic mass is 16.3.